The van der Waals surface area contributed by atoms with Crippen LogP contribution in [0.4, 0.5) is 11.9 Å². The molecule has 3 heterocycles. The molecule has 1 aliphatic rings. The molecule has 30 heavy (non-hydrogen) atoms. The van der Waals surface area contributed by atoms with Gasteiger partial charge in [-0.3, -0.25) is 14.3 Å². The average Bonchev–Trinajstić information content (AvgIpc) is 3.21. The van der Waals surface area contributed by atoms with Gasteiger partial charge in [0.15, 0.2) is 17.4 Å². The number of anilines is 2. The first-order valence-corrected chi connectivity index (χ1v) is 8.88. The summed E-state index contributed by atoms with van der Waals surface area (Å²) in [7, 11) is 0. The van der Waals surface area contributed by atoms with Crippen molar-refractivity contribution in [2.24, 2.45) is 5.10 Å². The number of imidazole rings is 1. The van der Waals surface area contributed by atoms with E-state index >= 15 is 0 Å². The number of phenolic OH excluding ortho intramolecular Hbond substituents is 1. The van der Waals surface area contributed by atoms with Crippen molar-refractivity contribution in [2.75, 3.05) is 17.8 Å². The molecule has 0 aliphatic carbocycles. The zero-order valence-corrected chi connectivity index (χ0v) is 15.4. The Labute approximate surface area is 168 Å². The number of nitrogen functional groups attached to an aromatic ring is 1. The normalized spacial score (nSPS) is 24.1. The number of aromatic hydroxyl groups is 1. The number of para-hydroxylation sites is 1. The summed E-state index contributed by atoms with van der Waals surface area (Å²) >= 11 is 0. The predicted octanol–water partition coefficient (Wildman–Crippen LogP) is -1.54. The van der Waals surface area contributed by atoms with Gasteiger partial charge >= 0.3 is 0 Å². The lowest BCUT2D eigenvalue weighted by Gasteiger charge is -2.18. The van der Waals surface area contributed by atoms with E-state index in [2.05, 4.69) is 25.5 Å². The Balaban J connectivity index is 1.77. The van der Waals surface area contributed by atoms with Gasteiger partial charge in [0.05, 0.1) is 12.8 Å². The third kappa shape index (κ3) is 3.35. The number of nitrogens with two attached hydrogens (primary N) is 1. The maximum atomic E-state index is 12.2. The van der Waals surface area contributed by atoms with Crippen molar-refractivity contribution in [3.05, 3.63) is 40.2 Å². The second-order valence-corrected chi connectivity index (χ2v) is 6.59. The Morgan fingerprint density at radius 3 is 2.77 bits per heavy atom. The summed E-state index contributed by atoms with van der Waals surface area (Å²) in [6, 6.07) is 6.48. The van der Waals surface area contributed by atoms with Gasteiger partial charge in [-0.1, -0.05) is 12.1 Å². The lowest BCUT2D eigenvalue weighted by Crippen LogP contribution is -2.33. The van der Waals surface area contributed by atoms with Crippen LogP contribution in [0.3, 0.4) is 0 Å². The summed E-state index contributed by atoms with van der Waals surface area (Å²) in [6.07, 6.45) is -3.81. The second-order valence-electron chi connectivity index (χ2n) is 6.59. The number of hydrogen-bond acceptors (Lipinski definition) is 11. The van der Waals surface area contributed by atoms with E-state index in [9.17, 15) is 25.2 Å². The van der Waals surface area contributed by atoms with Crippen LogP contribution in [0.25, 0.3) is 11.2 Å². The molecule has 13 nitrogen and oxygen atoms in total. The van der Waals surface area contributed by atoms with Crippen LogP contribution in [0.2, 0.25) is 0 Å². The molecule has 8 N–H and O–H groups in total. The van der Waals surface area contributed by atoms with E-state index in [4.69, 9.17) is 10.5 Å². The monoisotopic (exact) mass is 417 g/mol. The zero-order chi connectivity index (χ0) is 21.4. The van der Waals surface area contributed by atoms with Crippen molar-refractivity contribution in [2.45, 2.75) is 24.5 Å². The van der Waals surface area contributed by atoms with E-state index in [0.29, 0.717) is 5.56 Å². The number of ether oxygens (including phenoxy) is 1. The maximum absolute atomic E-state index is 12.2. The standard InChI is InChI=1S/C17H19N7O6/c18-16-21-13-10(14(29)22-16)20-17(23-19-5-7-3-1-2-4-8(7)26)24(13)15-12(28)11(27)9(6-25)30-15/h1-5,9,11-12,15,25-28H,6H2,(H,20,23)(H3,18,21,22,29)/b19-5+. The average molecular weight is 417 g/mol. The molecule has 158 valence electrons. The molecule has 4 atom stereocenters. The van der Waals surface area contributed by atoms with E-state index in [1.165, 1.54) is 16.8 Å². The number of hydrogen-bond donors (Lipinski definition) is 7. The fourth-order valence-electron chi connectivity index (χ4n) is 3.17. The van der Waals surface area contributed by atoms with E-state index in [-0.39, 0.29) is 28.8 Å². The quantitative estimate of drug-likeness (QED) is 0.188. The van der Waals surface area contributed by atoms with Crippen molar-refractivity contribution >= 4 is 29.3 Å². The number of nitrogens with zero attached hydrogens (tertiary/aromatic N) is 4. The van der Waals surface area contributed by atoms with E-state index in [1.54, 1.807) is 18.2 Å². The molecule has 0 spiro atoms. The van der Waals surface area contributed by atoms with Gasteiger partial charge in [0.1, 0.15) is 24.1 Å². The molecule has 4 unspecified atom stereocenters. The first-order chi connectivity index (χ1) is 14.4. The van der Waals surface area contributed by atoms with Crippen molar-refractivity contribution in [3.8, 4) is 5.75 Å². The molecule has 0 bridgehead atoms. The van der Waals surface area contributed by atoms with Gasteiger partial charge in [0.25, 0.3) is 5.56 Å². The van der Waals surface area contributed by atoms with Crippen molar-refractivity contribution in [1.29, 1.82) is 0 Å². The molecule has 1 aliphatic heterocycles. The summed E-state index contributed by atoms with van der Waals surface area (Å²) in [6.45, 7) is -0.536. The fourth-order valence-corrected chi connectivity index (χ4v) is 3.17. The van der Waals surface area contributed by atoms with E-state index in [1.807, 2.05) is 0 Å². The highest BCUT2D eigenvalue weighted by Crippen LogP contribution is 2.33. The molecule has 0 amide bonds. The van der Waals surface area contributed by atoms with Gasteiger partial charge in [0.2, 0.25) is 11.9 Å². The van der Waals surface area contributed by atoms with Gasteiger partial charge < -0.3 is 30.9 Å². The van der Waals surface area contributed by atoms with Crippen LogP contribution in [0.1, 0.15) is 11.8 Å². The molecule has 1 saturated heterocycles. The minimum Gasteiger partial charge on any atom is -0.507 e. The number of aromatic nitrogens is 4. The predicted molar refractivity (Wildman–Crippen MR) is 105 cm³/mol. The number of hydrazone groups is 1. The smallest absolute Gasteiger partial charge is 0.280 e. The maximum Gasteiger partial charge on any atom is 0.280 e. The van der Waals surface area contributed by atoms with Crippen LogP contribution in [0.5, 0.6) is 5.75 Å². The first-order valence-electron chi connectivity index (χ1n) is 8.88. The van der Waals surface area contributed by atoms with Crippen LogP contribution in [0, 0.1) is 0 Å². The Morgan fingerprint density at radius 2 is 2.07 bits per heavy atom. The third-order valence-corrected chi connectivity index (χ3v) is 4.65. The molecular weight excluding hydrogens is 398 g/mol. The third-order valence-electron chi connectivity index (χ3n) is 4.65. The second kappa shape index (κ2) is 7.72. The highest BCUT2D eigenvalue weighted by molar-refractivity contribution is 5.84. The lowest BCUT2D eigenvalue weighted by molar-refractivity contribution is -0.0501. The molecule has 1 fully saturated rings. The summed E-state index contributed by atoms with van der Waals surface area (Å²) in [5.41, 5.74) is 7.90. The largest absolute Gasteiger partial charge is 0.507 e. The van der Waals surface area contributed by atoms with E-state index in [0.717, 1.165) is 0 Å². The number of benzene rings is 1. The number of phenols is 1. The van der Waals surface area contributed by atoms with Gasteiger partial charge in [-0.2, -0.15) is 10.1 Å². The Morgan fingerprint density at radius 1 is 1.30 bits per heavy atom. The summed E-state index contributed by atoms with van der Waals surface area (Å²) in [4.78, 5) is 22.7. The first kappa shape index (κ1) is 19.8. The Hall–Kier alpha value is -3.52. The number of aliphatic hydroxyl groups is 3. The molecule has 2 aromatic heterocycles. The highest BCUT2D eigenvalue weighted by Gasteiger charge is 2.45. The molecule has 0 radical (unpaired) electrons. The summed E-state index contributed by atoms with van der Waals surface area (Å²) < 4.78 is 6.75. The highest BCUT2D eigenvalue weighted by atomic mass is 16.6. The molecule has 3 aromatic rings. The van der Waals surface area contributed by atoms with Crippen LogP contribution in [0.15, 0.2) is 34.2 Å². The molecule has 0 saturated carbocycles. The molecule has 1 aromatic carbocycles. The molecule has 13 heteroatoms. The van der Waals surface area contributed by atoms with Crippen LogP contribution < -0.4 is 16.7 Å². The SMILES string of the molecule is Nc1nc2c(nc(N/N=C/c3ccccc3O)n2C2OC(CO)C(O)C2O)c(=O)[nH]1. The number of H-pyrrole nitrogens is 1. The van der Waals surface area contributed by atoms with Gasteiger partial charge in [-0.05, 0) is 12.1 Å². The molecular formula is C17H19N7O6. The van der Waals surface area contributed by atoms with Crippen molar-refractivity contribution in [3.63, 3.8) is 0 Å². The fraction of sp³-hybridized carbons (Fsp3) is 0.294. The van der Waals surface area contributed by atoms with Gasteiger partial charge in [-0.15, -0.1) is 0 Å². The Bertz CT molecular complexity index is 1160. The Kier molecular flexibility index (Phi) is 5.09. The van der Waals surface area contributed by atoms with Gasteiger partial charge in [-0.25, -0.2) is 10.4 Å². The number of nitrogens with one attached hydrogen (secondary N) is 2. The van der Waals surface area contributed by atoms with Crippen molar-refractivity contribution in [1.82, 2.24) is 19.5 Å². The van der Waals surface area contributed by atoms with Crippen LogP contribution in [-0.4, -0.2) is 71.1 Å². The van der Waals surface area contributed by atoms with E-state index < -0.39 is 36.7 Å². The summed E-state index contributed by atoms with van der Waals surface area (Å²) in [5.74, 6) is -0.231. The minimum absolute atomic E-state index is 0.00546. The number of fused-ring (bicyclic) bond motifs is 1. The number of rotatable bonds is 5. The number of aliphatic hydroxyl groups excluding tert-OH is 3. The van der Waals surface area contributed by atoms with Gasteiger partial charge in [0, 0.05) is 5.56 Å². The molecule has 4 rings (SSSR count). The summed E-state index contributed by atoms with van der Waals surface area (Å²) in [5, 5.41) is 43.7. The lowest BCUT2D eigenvalue weighted by atomic mass is 10.1. The van der Waals surface area contributed by atoms with Crippen molar-refractivity contribution < 1.29 is 25.2 Å². The number of aromatic amines is 1. The minimum atomic E-state index is -1.45. The van der Waals surface area contributed by atoms with Crippen LogP contribution in [-0.2, 0) is 4.74 Å². The zero-order valence-electron chi connectivity index (χ0n) is 15.4. The van der Waals surface area contributed by atoms with Crippen LogP contribution >= 0.6 is 0 Å². The topological polar surface area (TPSA) is 204 Å².